The molecule has 26 heavy (non-hydrogen) atoms. The van der Waals surface area contributed by atoms with Crippen LogP contribution in [0.3, 0.4) is 0 Å². The molecule has 2 aromatic rings. The molecule has 1 unspecified atom stereocenters. The lowest BCUT2D eigenvalue weighted by atomic mass is 10.0. The molecule has 2 amide bonds. The van der Waals surface area contributed by atoms with E-state index in [-0.39, 0.29) is 30.2 Å². The molecular formula is C21H27N3O2. The van der Waals surface area contributed by atoms with Crippen molar-refractivity contribution in [1.29, 1.82) is 0 Å². The zero-order valence-electron chi connectivity index (χ0n) is 15.4. The van der Waals surface area contributed by atoms with Crippen LogP contribution in [0, 0.1) is 5.92 Å². The third-order valence-electron chi connectivity index (χ3n) is 4.96. The van der Waals surface area contributed by atoms with Gasteiger partial charge in [-0.25, -0.2) is 0 Å². The first-order valence-electron chi connectivity index (χ1n) is 9.25. The average Bonchev–Trinajstić information content (AvgIpc) is 3.05. The molecule has 5 nitrogen and oxygen atoms in total. The number of likely N-dealkylation sites (tertiary alicyclic amines) is 1. The minimum Gasteiger partial charge on any atom is -0.344 e. The summed E-state index contributed by atoms with van der Waals surface area (Å²) in [5, 5.41) is 5.20. The van der Waals surface area contributed by atoms with Crippen LogP contribution in [-0.4, -0.2) is 41.9 Å². The zero-order chi connectivity index (χ0) is 18.7. The molecule has 0 radical (unpaired) electrons. The predicted molar refractivity (Wildman–Crippen MR) is 104 cm³/mol. The summed E-state index contributed by atoms with van der Waals surface area (Å²) in [7, 11) is 0. The summed E-state index contributed by atoms with van der Waals surface area (Å²) in [6, 6.07) is 13.6. The molecule has 0 aromatic heterocycles. The zero-order valence-corrected chi connectivity index (χ0v) is 15.4. The molecule has 1 saturated heterocycles. The highest BCUT2D eigenvalue weighted by molar-refractivity contribution is 5.90. The van der Waals surface area contributed by atoms with Gasteiger partial charge in [-0.05, 0) is 28.7 Å². The van der Waals surface area contributed by atoms with Gasteiger partial charge in [0.2, 0.25) is 11.8 Å². The van der Waals surface area contributed by atoms with E-state index in [1.165, 1.54) is 0 Å². The van der Waals surface area contributed by atoms with Crippen LogP contribution in [0.1, 0.15) is 25.8 Å². The molecule has 2 atom stereocenters. The highest BCUT2D eigenvalue weighted by Gasteiger charge is 2.32. The maximum absolute atomic E-state index is 12.8. The maximum Gasteiger partial charge on any atom is 0.245 e. The Kier molecular flexibility index (Phi) is 5.57. The van der Waals surface area contributed by atoms with Crippen LogP contribution >= 0.6 is 0 Å². The van der Waals surface area contributed by atoms with Gasteiger partial charge in [0, 0.05) is 19.1 Å². The summed E-state index contributed by atoms with van der Waals surface area (Å²) >= 11 is 0. The second kappa shape index (κ2) is 7.87. The standard InChI is InChI=1S/C21H27N3O2/c1-14(2)20(21(26)24-10-9-18(22)13-24)23-19(25)12-15-7-8-16-5-3-4-6-17(16)11-15/h3-8,11,14,18,20H,9-10,12-13,22H2,1-2H3,(H,23,25)/t18-,20?/m1/s1. The largest absolute Gasteiger partial charge is 0.344 e. The minimum atomic E-state index is -0.506. The predicted octanol–water partition coefficient (Wildman–Crippen LogP) is 2.08. The SMILES string of the molecule is CC(C)C(NC(=O)Cc1ccc2ccccc2c1)C(=O)N1CC[C@@H](N)C1. The van der Waals surface area contributed by atoms with E-state index in [4.69, 9.17) is 5.73 Å². The molecular weight excluding hydrogens is 326 g/mol. The van der Waals surface area contributed by atoms with Crippen molar-refractivity contribution in [3.05, 3.63) is 48.0 Å². The Hall–Kier alpha value is -2.40. The van der Waals surface area contributed by atoms with Gasteiger partial charge < -0.3 is 16.0 Å². The Morgan fingerprint density at radius 2 is 1.92 bits per heavy atom. The summed E-state index contributed by atoms with van der Waals surface area (Å²) in [5.41, 5.74) is 6.85. The number of carbonyl (C=O) groups excluding carboxylic acids is 2. The fraction of sp³-hybridized carbons (Fsp3) is 0.429. The lowest BCUT2D eigenvalue weighted by Gasteiger charge is -2.27. The van der Waals surface area contributed by atoms with Crippen molar-refractivity contribution < 1.29 is 9.59 Å². The number of nitrogens with one attached hydrogen (secondary N) is 1. The normalized spacial score (nSPS) is 18.3. The lowest BCUT2D eigenvalue weighted by Crippen LogP contribution is -2.51. The number of fused-ring (bicyclic) bond motifs is 1. The minimum absolute atomic E-state index is 0.0277. The smallest absolute Gasteiger partial charge is 0.245 e. The molecule has 5 heteroatoms. The lowest BCUT2D eigenvalue weighted by molar-refractivity contribution is -0.136. The highest BCUT2D eigenvalue weighted by Crippen LogP contribution is 2.17. The topological polar surface area (TPSA) is 75.4 Å². The van der Waals surface area contributed by atoms with Gasteiger partial charge in [-0.1, -0.05) is 56.3 Å². The molecule has 2 aromatic carbocycles. The molecule has 3 N–H and O–H groups in total. The van der Waals surface area contributed by atoms with Crippen LogP contribution in [0.4, 0.5) is 0 Å². The van der Waals surface area contributed by atoms with Gasteiger partial charge in [0.25, 0.3) is 0 Å². The molecule has 1 aliphatic heterocycles. The van der Waals surface area contributed by atoms with E-state index in [2.05, 4.69) is 5.32 Å². The molecule has 0 aliphatic carbocycles. The van der Waals surface area contributed by atoms with E-state index < -0.39 is 6.04 Å². The van der Waals surface area contributed by atoms with Crippen molar-refractivity contribution in [3.8, 4) is 0 Å². The Morgan fingerprint density at radius 3 is 2.58 bits per heavy atom. The number of rotatable bonds is 5. The quantitative estimate of drug-likeness (QED) is 0.864. The van der Waals surface area contributed by atoms with E-state index >= 15 is 0 Å². The first-order chi connectivity index (χ1) is 12.4. The summed E-state index contributed by atoms with van der Waals surface area (Å²) < 4.78 is 0. The van der Waals surface area contributed by atoms with E-state index in [9.17, 15) is 9.59 Å². The van der Waals surface area contributed by atoms with Crippen molar-refractivity contribution in [3.63, 3.8) is 0 Å². The maximum atomic E-state index is 12.8. The van der Waals surface area contributed by atoms with E-state index in [1.54, 1.807) is 4.90 Å². The number of amides is 2. The van der Waals surface area contributed by atoms with Crippen molar-refractivity contribution in [2.45, 2.75) is 38.8 Å². The molecule has 138 valence electrons. The Morgan fingerprint density at radius 1 is 1.19 bits per heavy atom. The van der Waals surface area contributed by atoms with Gasteiger partial charge in [0.1, 0.15) is 6.04 Å². The number of carbonyl (C=O) groups is 2. The fourth-order valence-electron chi connectivity index (χ4n) is 3.46. The number of hydrogen-bond acceptors (Lipinski definition) is 3. The van der Waals surface area contributed by atoms with Crippen molar-refractivity contribution >= 4 is 22.6 Å². The summed E-state index contributed by atoms with van der Waals surface area (Å²) in [5.74, 6) is -0.129. The third kappa shape index (κ3) is 4.22. The van der Waals surface area contributed by atoms with Crippen LogP contribution in [0.25, 0.3) is 10.8 Å². The van der Waals surface area contributed by atoms with Gasteiger partial charge in [0.05, 0.1) is 6.42 Å². The number of benzene rings is 2. The van der Waals surface area contributed by atoms with Gasteiger partial charge in [0.15, 0.2) is 0 Å². The molecule has 1 fully saturated rings. The van der Waals surface area contributed by atoms with Crippen LogP contribution in [0.5, 0.6) is 0 Å². The van der Waals surface area contributed by atoms with Crippen LogP contribution < -0.4 is 11.1 Å². The second-order valence-electron chi connectivity index (χ2n) is 7.48. The number of nitrogens with zero attached hydrogens (tertiary/aromatic N) is 1. The monoisotopic (exact) mass is 353 g/mol. The summed E-state index contributed by atoms with van der Waals surface area (Å²) in [6.07, 6.45) is 1.09. The number of hydrogen-bond donors (Lipinski definition) is 2. The summed E-state index contributed by atoms with van der Waals surface area (Å²) in [6.45, 7) is 5.15. The van der Waals surface area contributed by atoms with Crippen molar-refractivity contribution in [2.24, 2.45) is 11.7 Å². The molecule has 0 spiro atoms. The van der Waals surface area contributed by atoms with Crippen LogP contribution in [0.2, 0.25) is 0 Å². The Bertz CT molecular complexity index is 803. The molecule has 1 heterocycles. The molecule has 0 saturated carbocycles. The fourth-order valence-corrected chi connectivity index (χ4v) is 3.46. The second-order valence-corrected chi connectivity index (χ2v) is 7.48. The van der Waals surface area contributed by atoms with E-state index in [1.807, 2.05) is 56.3 Å². The first-order valence-corrected chi connectivity index (χ1v) is 9.25. The van der Waals surface area contributed by atoms with Gasteiger partial charge >= 0.3 is 0 Å². The van der Waals surface area contributed by atoms with Gasteiger partial charge in [-0.15, -0.1) is 0 Å². The number of nitrogens with two attached hydrogens (primary N) is 1. The molecule has 0 bridgehead atoms. The molecule has 3 rings (SSSR count). The van der Waals surface area contributed by atoms with E-state index in [0.717, 1.165) is 22.8 Å². The van der Waals surface area contributed by atoms with Gasteiger partial charge in [-0.3, -0.25) is 9.59 Å². The molecule has 1 aliphatic rings. The Balaban J connectivity index is 1.66. The third-order valence-corrected chi connectivity index (χ3v) is 4.96. The Labute approximate surface area is 154 Å². The highest BCUT2D eigenvalue weighted by atomic mass is 16.2. The van der Waals surface area contributed by atoms with Crippen LogP contribution in [-0.2, 0) is 16.0 Å². The van der Waals surface area contributed by atoms with Crippen molar-refractivity contribution in [1.82, 2.24) is 10.2 Å². The first kappa shape index (κ1) is 18.4. The van der Waals surface area contributed by atoms with Crippen LogP contribution in [0.15, 0.2) is 42.5 Å². The van der Waals surface area contributed by atoms with Crippen molar-refractivity contribution in [2.75, 3.05) is 13.1 Å². The van der Waals surface area contributed by atoms with E-state index in [0.29, 0.717) is 13.1 Å². The van der Waals surface area contributed by atoms with Gasteiger partial charge in [-0.2, -0.15) is 0 Å². The average molecular weight is 353 g/mol. The summed E-state index contributed by atoms with van der Waals surface area (Å²) in [4.78, 5) is 27.1.